The smallest absolute Gasteiger partial charge is 0.336 e. The van der Waals surface area contributed by atoms with Crippen molar-refractivity contribution >= 4 is 17.8 Å². The van der Waals surface area contributed by atoms with Gasteiger partial charge in [0.25, 0.3) is 0 Å². The van der Waals surface area contributed by atoms with Gasteiger partial charge < -0.3 is 14.2 Å². The predicted molar refractivity (Wildman–Crippen MR) is 114 cm³/mol. The van der Waals surface area contributed by atoms with E-state index >= 15 is 0 Å². The fraction of sp³-hybridized carbons (Fsp3) is 0.250. The van der Waals surface area contributed by atoms with Gasteiger partial charge in [0.1, 0.15) is 17.1 Å². The highest BCUT2D eigenvalue weighted by Gasteiger charge is 2.24. The van der Waals surface area contributed by atoms with E-state index in [1.54, 1.807) is 12.1 Å². The molecular formula is C24H26O5. The summed E-state index contributed by atoms with van der Waals surface area (Å²) in [5.74, 6) is 0.0844. The van der Waals surface area contributed by atoms with E-state index in [1.807, 2.05) is 50.3 Å². The highest BCUT2D eigenvalue weighted by Crippen LogP contribution is 2.40. The number of benzene rings is 2. The summed E-state index contributed by atoms with van der Waals surface area (Å²) < 4.78 is 16.5. The molecule has 0 unspecified atom stereocenters. The number of ether oxygens (including phenoxy) is 3. The van der Waals surface area contributed by atoms with Crippen LogP contribution >= 0.6 is 0 Å². The van der Waals surface area contributed by atoms with E-state index in [2.05, 4.69) is 0 Å². The molecule has 0 radical (unpaired) electrons. The van der Waals surface area contributed by atoms with E-state index in [-0.39, 0.29) is 17.1 Å². The molecule has 5 nitrogen and oxygen atoms in total. The summed E-state index contributed by atoms with van der Waals surface area (Å²) in [5, 5.41) is 0. The molecule has 5 heteroatoms. The summed E-state index contributed by atoms with van der Waals surface area (Å²) in [5.41, 5.74) is 2.78. The molecule has 0 heterocycles. The molecule has 0 fully saturated rings. The summed E-state index contributed by atoms with van der Waals surface area (Å²) >= 11 is 0. The number of hydrogen-bond acceptors (Lipinski definition) is 5. The first-order valence-corrected chi connectivity index (χ1v) is 9.24. The standard InChI is InChI=1S/C24H26O5/c1-16(2)11-13-19-20(27-4)15-21(28-5)23(17(3)25)24(19)29-22(26)14-12-18-9-7-6-8-10-18/h6-12,14-15H,13H2,1-5H3/b14-12+. The Morgan fingerprint density at radius 1 is 0.966 bits per heavy atom. The summed E-state index contributed by atoms with van der Waals surface area (Å²) in [7, 11) is 2.98. The Morgan fingerprint density at radius 2 is 1.62 bits per heavy atom. The number of esters is 1. The lowest BCUT2D eigenvalue weighted by Gasteiger charge is -2.18. The minimum absolute atomic E-state index is 0.161. The van der Waals surface area contributed by atoms with Crippen LogP contribution in [0.25, 0.3) is 6.08 Å². The van der Waals surface area contributed by atoms with Crippen LogP contribution in [0.3, 0.4) is 0 Å². The Morgan fingerprint density at radius 3 is 2.17 bits per heavy atom. The monoisotopic (exact) mass is 394 g/mol. The molecule has 0 spiro atoms. The van der Waals surface area contributed by atoms with Crippen molar-refractivity contribution in [3.8, 4) is 17.2 Å². The highest BCUT2D eigenvalue weighted by atomic mass is 16.5. The molecule has 29 heavy (non-hydrogen) atoms. The van der Waals surface area contributed by atoms with Gasteiger partial charge in [0.2, 0.25) is 0 Å². The van der Waals surface area contributed by atoms with Crippen LogP contribution in [-0.2, 0) is 11.2 Å². The van der Waals surface area contributed by atoms with E-state index in [0.29, 0.717) is 23.5 Å². The van der Waals surface area contributed by atoms with Crippen molar-refractivity contribution in [1.82, 2.24) is 0 Å². The third-order valence-corrected chi connectivity index (χ3v) is 4.23. The average molecular weight is 394 g/mol. The van der Waals surface area contributed by atoms with Gasteiger partial charge in [0.05, 0.1) is 14.2 Å². The van der Waals surface area contributed by atoms with Crippen molar-refractivity contribution in [2.24, 2.45) is 0 Å². The Labute approximate surface area is 171 Å². The maximum Gasteiger partial charge on any atom is 0.336 e. The molecule has 0 bridgehead atoms. The van der Waals surface area contributed by atoms with E-state index < -0.39 is 5.97 Å². The number of allylic oxidation sites excluding steroid dienone is 2. The Bertz CT molecular complexity index is 935. The summed E-state index contributed by atoms with van der Waals surface area (Å²) in [6.45, 7) is 5.35. The number of hydrogen-bond donors (Lipinski definition) is 0. The summed E-state index contributed by atoms with van der Waals surface area (Å²) in [4.78, 5) is 24.9. The zero-order valence-electron chi connectivity index (χ0n) is 17.4. The molecule has 0 aromatic heterocycles. The largest absolute Gasteiger partial charge is 0.496 e. The summed E-state index contributed by atoms with van der Waals surface area (Å²) in [6.07, 6.45) is 5.41. The first-order chi connectivity index (χ1) is 13.9. The molecule has 0 saturated carbocycles. The number of carbonyl (C=O) groups is 2. The van der Waals surface area contributed by atoms with E-state index in [1.165, 1.54) is 27.2 Å². The molecule has 2 rings (SSSR count). The lowest BCUT2D eigenvalue weighted by Crippen LogP contribution is -2.12. The number of rotatable bonds is 8. The SMILES string of the molecule is COc1cc(OC)c(C(C)=O)c(OC(=O)/C=C/c2ccccc2)c1CC=C(C)C. The molecule has 0 aliphatic carbocycles. The lowest BCUT2D eigenvalue weighted by atomic mass is 10.00. The molecule has 2 aromatic carbocycles. The molecule has 0 atom stereocenters. The minimum Gasteiger partial charge on any atom is -0.496 e. The van der Waals surface area contributed by atoms with Gasteiger partial charge in [-0.1, -0.05) is 42.0 Å². The van der Waals surface area contributed by atoms with Crippen LogP contribution in [0.2, 0.25) is 0 Å². The quantitative estimate of drug-likeness (QED) is 0.206. The molecule has 0 aliphatic heterocycles. The van der Waals surface area contributed by atoms with Crippen LogP contribution < -0.4 is 14.2 Å². The van der Waals surface area contributed by atoms with E-state index in [9.17, 15) is 9.59 Å². The first-order valence-electron chi connectivity index (χ1n) is 9.24. The van der Waals surface area contributed by atoms with Gasteiger partial charge in [-0.25, -0.2) is 4.79 Å². The number of ketones is 1. The third-order valence-electron chi connectivity index (χ3n) is 4.23. The normalized spacial score (nSPS) is 10.5. The van der Waals surface area contributed by atoms with Gasteiger partial charge in [-0.3, -0.25) is 4.79 Å². The van der Waals surface area contributed by atoms with Crippen LogP contribution in [0.1, 0.15) is 42.3 Å². The van der Waals surface area contributed by atoms with Gasteiger partial charge in [0.15, 0.2) is 11.5 Å². The second-order valence-corrected chi connectivity index (χ2v) is 6.67. The van der Waals surface area contributed by atoms with Crippen molar-refractivity contribution in [2.45, 2.75) is 27.2 Å². The van der Waals surface area contributed by atoms with Crippen LogP contribution in [0, 0.1) is 0 Å². The topological polar surface area (TPSA) is 61.8 Å². The van der Waals surface area contributed by atoms with E-state index in [4.69, 9.17) is 14.2 Å². The fourth-order valence-electron chi connectivity index (χ4n) is 2.80. The molecule has 0 saturated heterocycles. The van der Waals surface area contributed by atoms with Gasteiger partial charge in [0, 0.05) is 17.7 Å². The molecule has 0 amide bonds. The predicted octanol–water partition coefficient (Wildman–Crippen LogP) is 5.03. The fourth-order valence-corrected chi connectivity index (χ4v) is 2.80. The van der Waals surface area contributed by atoms with Crippen molar-refractivity contribution in [2.75, 3.05) is 14.2 Å². The molecule has 2 aromatic rings. The molecule has 0 N–H and O–H groups in total. The maximum absolute atomic E-state index is 12.5. The number of methoxy groups -OCH3 is 2. The second kappa shape index (κ2) is 10.3. The van der Waals surface area contributed by atoms with Crippen molar-refractivity contribution in [3.63, 3.8) is 0 Å². The zero-order valence-corrected chi connectivity index (χ0v) is 17.4. The number of Topliss-reactive ketones (excluding diaryl/α,β-unsaturated/α-hetero) is 1. The molecular weight excluding hydrogens is 368 g/mol. The maximum atomic E-state index is 12.5. The van der Waals surface area contributed by atoms with Gasteiger partial charge in [-0.15, -0.1) is 0 Å². The first kappa shape index (κ1) is 22.0. The van der Waals surface area contributed by atoms with E-state index in [0.717, 1.165) is 11.1 Å². The second-order valence-electron chi connectivity index (χ2n) is 6.67. The Balaban J connectivity index is 2.52. The third kappa shape index (κ3) is 5.82. The highest BCUT2D eigenvalue weighted by molar-refractivity contribution is 6.02. The van der Waals surface area contributed by atoms with Crippen molar-refractivity contribution < 1.29 is 23.8 Å². The van der Waals surface area contributed by atoms with Crippen LogP contribution in [0.4, 0.5) is 0 Å². The van der Waals surface area contributed by atoms with Crippen LogP contribution in [-0.4, -0.2) is 26.0 Å². The lowest BCUT2D eigenvalue weighted by molar-refractivity contribution is -0.128. The molecule has 0 aliphatic rings. The van der Waals surface area contributed by atoms with Gasteiger partial charge >= 0.3 is 5.97 Å². The zero-order chi connectivity index (χ0) is 21.4. The van der Waals surface area contributed by atoms with Crippen LogP contribution in [0.15, 0.2) is 54.1 Å². The van der Waals surface area contributed by atoms with Crippen LogP contribution in [0.5, 0.6) is 17.2 Å². The minimum atomic E-state index is -0.592. The van der Waals surface area contributed by atoms with Gasteiger partial charge in [-0.05, 0) is 38.8 Å². The molecule has 152 valence electrons. The van der Waals surface area contributed by atoms with Crippen molar-refractivity contribution in [1.29, 1.82) is 0 Å². The number of carbonyl (C=O) groups excluding carboxylic acids is 2. The Hall–Kier alpha value is -3.34. The Kier molecular flexibility index (Phi) is 7.78. The van der Waals surface area contributed by atoms with Crippen molar-refractivity contribution in [3.05, 3.63) is 70.8 Å². The average Bonchev–Trinajstić information content (AvgIpc) is 2.70. The summed E-state index contributed by atoms with van der Waals surface area (Å²) in [6, 6.07) is 11.0. The van der Waals surface area contributed by atoms with Gasteiger partial charge in [-0.2, -0.15) is 0 Å².